The van der Waals surface area contributed by atoms with Crippen LogP contribution in [0.15, 0.2) is 12.2 Å². The molecule has 10 nitrogen and oxygen atoms in total. The summed E-state index contributed by atoms with van der Waals surface area (Å²) in [4.78, 5) is 47.1. The van der Waals surface area contributed by atoms with Crippen LogP contribution in [-0.4, -0.2) is 76.9 Å². The van der Waals surface area contributed by atoms with Gasteiger partial charge in [0.25, 0.3) is 0 Å². The van der Waals surface area contributed by atoms with Gasteiger partial charge in [0.05, 0.1) is 12.5 Å². The molecule has 1 saturated carbocycles. The van der Waals surface area contributed by atoms with Crippen molar-refractivity contribution in [3.05, 3.63) is 12.2 Å². The molecule has 0 heterocycles. The summed E-state index contributed by atoms with van der Waals surface area (Å²) in [6.07, 6.45) is -0.487. The molecule has 1 aliphatic carbocycles. The third-order valence-electron chi connectivity index (χ3n) is 4.62. The number of esters is 1. The van der Waals surface area contributed by atoms with Crippen molar-refractivity contribution in [2.45, 2.75) is 64.9 Å². The summed E-state index contributed by atoms with van der Waals surface area (Å²) < 4.78 is 4.98. The lowest BCUT2D eigenvalue weighted by atomic mass is 9.91. The van der Waals surface area contributed by atoms with Gasteiger partial charge in [-0.1, -0.05) is 32.9 Å². The van der Waals surface area contributed by atoms with Gasteiger partial charge in [0.15, 0.2) is 0 Å². The molecule has 0 saturated heterocycles. The highest BCUT2D eigenvalue weighted by Gasteiger charge is 2.36. The second-order valence-electron chi connectivity index (χ2n) is 8.82. The maximum atomic E-state index is 12.3. The molecule has 0 aliphatic heterocycles. The highest BCUT2D eigenvalue weighted by atomic mass is 16.5. The van der Waals surface area contributed by atoms with Gasteiger partial charge in [0.2, 0.25) is 11.8 Å². The van der Waals surface area contributed by atoms with Gasteiger partial charge in [-0.3, -0.25) is 14.4 Å². The predicted molar refractivity (Wildman–Crippen MR) is 110 cm³/mol. The molecule has 1 fully saturated rings. The SMILES string of the molecule is C[C@H](NC(=O)[C@H](C=O)[C@H](O)[C@@H](O)[C@H](O)/C=C/C(C)(C)C)C(=O)NCCOC(=O)C1CC1. The lowest BCUT2D eigenvalue weighted by molar-refractivity contribution is -0.145. The van der Waals surface area contributed by atoms with Crippen LogP contribution in [0.3, 0.4) is 0 Å². The van der Waals surface area contributed by atoms with Crippen LogP contribution >= 0.6 is 0 Å². The zero-order chi connectivity index (χ0) is 23.8. The maximum absolute atomic E-state index is 12.3. The highest BCUT2D eigenvalue weighted by molar-refractivity contribution is 5.95. The van der Waals surface area contributed by atoms with E-state index in [0.29, 0.717) is 0 Å². The van der Waals surface area contributed by atoms with Gasteiger partial charge < -0.3 is 35.5 Å². The van der Waals surface area contributed by atoms with Crippen LogP contribution in [0, 0.1) is 17.3 Å². The molecule has 1 aliphatic rings. The van der Waals surface area contributed by atoms with E-state index in [1.807, 2.05) is 20.8 Å². The minimum atomic E-state index is -1.88. The standard InChI is InChI=1S/C21H34N2O8/c1-12(18(28)22-9-10-31-20(30)13-5-6-13)23-19(29)14(11-24)16(26)17(27)15(25)7-8-21(2,3)4/h7-8,11-17,25-27H,5-6,9-10H2,1-4H3,(H,22,28)(H,23,29)/b8-7+/t12-,14+,15+,16-,17-/m0/s1. The molecule has 0 spiro atoms. The van der Waals surface area contributed by atoms with E-state index >= 15 is 0 Å². The van der Waals surface area contributed by atoms with Gasteiger partial charge in [-0.2, -0.15) is 0 Å². The molecule has 176 valence electrons. The average molecular weight is 443 g/mol. The van der Waals surface area contributed by atoms with Crippen LogP contribution in [0.1, 0.15) is 40.5 Å². The number of carbonyl (C=O) groups excluding carboxylic acids is 4. The maximum Gasteiger partial charge on any atom is 0.308 e. The number of hydrogen-bond acceptors (Lipinski definition) is 8. The molecule has 0 radical (unpaired) electrons. The first-order chi connectivity index (χ1) is 14.4. The lowest BCUT2D eigenvalue weighted by Crippen LogP contribution is -2.52. The Labute approximate surface area is 182 Å². The van der Waals surface area contributed by atoms with Crippen molar-refractivity contribution in [2.75, 3.05) is 13.2 Å². The van der Waals surface area contributed by atoms with Gasteiger partial charge in [0.1, 0.15) is 43.2 Å². The molecule has 31 heavy (non-hydrogen) atoms. The van der Waals surface area contributed by atoms with Gasteiger partial charge in [-0.05, 0) is 25.2 Å². The van der Waals surface area contributed by atoms with Crippen LogP contribution in [0.2, 0.25) is 0 Å². The number of rotatable bonds is 12. The summed E-state index contributed by atoms with van der Waals surface area (Å²) in [6, 6.07) is -1.05. The van der Waals surface area contributed by atoms with Gasteiger partial charge >= 0.3 is 5.97 Å². The number of hydrogen-bond donors (Lipinski definition) is 5. The number of aliphatic hydroxyl groups is 3. The molecule has 0 aromatic heterocycles. The summed E-state index contributed by atoms with van der Waals surface area (Å²) in [5, 5.41) is 35.0. The third-order valence-corrected chi connectivity index (χ3v) is 4.62. The van der Waals surface area contributed by atoms with Gasteiger partial charge in [-0.25, -0.2) is 0 Å². The van der Waals surface area contributed by atoms with Crippen molar-refractivity contribution in [3.63, 3.8) is 0 Å². The molecule has 5 atom stereocenters. The first-order valence-corrected chi connectivity index (χ1v) is 10.3. The summed E-state index contributed by atoms with van der Waals surface area (Å²) >= 11 is 0. The molecule has 2 amide bonds. The number of aldehydes is 1. The summed E-state index contributed by atoms with van der Waals surface area (Å²) in [7, 11) is 0. The second kappa shape index (κ2) is 11.9. The van der Waals surface area contributed by atoms with Crippen molar-refractivity contribution in [1.29, 1.82) is 0 Å². The topological polar surface area (TPSA) is 162 Å². The molecule has 10 heteroatoms. The van der Waals surface area contributed by atoms with Gasteiger partial charge in [-0.15, -0.1) is 0 Å². The van der Waals surface area contributed by atoms with E-state index in [1.165, 1.54) is 13.0 Å². The fraction of sp³-hybridized carbons (Fsp3) is 0.714. The predicted octanol–water partition coefficient (Wildman–Crippen LogP) is -0.939. The van der Waals surface area contributed by atoms with E-state index in [9.17, 15) is 34.5 Å². The molecule has 1 rings (SSSR count). The van der Waals surface area contributed by atoms with E-state index in [4.69, 9.17) is 4.74 Å². The smallest absolute Gasteiger partial charge is 0.308 e. The zero-order valence-corrected chi connectivity index (χ0v) is 18.4. The monoisotopic (exact) mass is 442 g/mol. The number of aliphatic hydroxyl groups excluding tert-OH is 3. The van der Waals surface area contributed by atoms with Crippen LogP contribution < -0.4 is 10.6 Å². The lowest BCUT2D eigenvalue weighted by Gasteiger charge is -2.26. The Morgan fingerprint density at radius 2 is 1.71 bits per heavy atom. The highest BCUT2D eigenvalue weighted by Crippen LogP contribution is 2.29. The van der Waals surface area contributed by atoms with Crippen molar-refractivity contribution >= 4 is 24.1 Å². The first-order valence-electron chi connectivity index (χ1n) is 10.3. The van der Waals surface area contributed by atoms with Crippen molar-refractivity contribution in [2.24, 2.45) is 17.3 Å². The molecule has 0 bridgehead atoms. The summed E-state index contributed by atoms with van der Waals surface area (Å²) in [5.41, 5.74) is -0.286. The van der Waals surface area contributed by atoms with Crippen LogP contribution in [0.4, 0.5) is 0 Å². The molecule has 0 unspecified atom stereocenters. The minimum Gasteiger partial charge on any atom is -0.464 e. The van der Waals surface area contributed by atoms with E-state index in [0.717, 1.165) is 12.8 Å². The largest absolute Gasteiger partial charge is 0.464 e. The minimum absolute atomic E-state index is 0.00355. The van der Waals surface area contributed by atoms with Crippen LogP contribution in [0.5, 0.6) is 0 Å². The fourth-order valence-electron chi connectivity index (χ4n) is 2.50. The summed E-state index contributed by atoms with van der Waals surface area (Å²) in [6.45, 7) is 7.03. The van der Waals surface area contributed by atoms with Gasteiger partial charge in [0, 0.05) is 0 Å². The Bertz CT molecular complexity index is 669. The first kappa shape index (κ1) is 26.7. The Morgan fingerprint density at radius 3 is 2.23 bits per heavy atom. The number of nitrogens with one attached hydrogen (secondary N) is 2. The normalized spacial score (nSPS) is 19.1. The number of allylic oxidation sites excluding steroid dienone is 1. The van der Waals surface area contributed by atoms with Crippen LogP contribution in [-0.2, 0) is 23.9 Å². The Hall–Kier alpha value is -2.30. The van der Waals surface area contributed by atoms with E-state index in [-0.39, 0.29) is 36.7 Å². The quantitative estimate of drug-likeness (QED) is 0.0850. The Morgan fingerprint density at radius 1 is 1.10 bits per heavy atom. The molecule has 0 aromatic carbocycles. The second-order valence-corrected chi connectivity index (χ2v) is 8.82. The zero-order valence-electron chi connectivity index (χ0n) is 18.4. The summed E-state index contributed by atoms with van der Waals surface area (Å²) in [5.74, 6) is -3.59. The molecular weight excluding hydrogens is 408 g/mol. The molecule has 5 N–H and O–H groups in total. The Balaban J connectivity index is 2.51. The van der Waals surface area contributed by atoms with E-state index < -0.39 is 42.1 Å². The number of amides is 2. The number of carbonyl (C=O) groups is 4. The molecule has 0 aromatic rings. The number of ether oxygens (including phenoxy) is 1. The molecular formula is C21H34N2O8. The van der Waals surface area contributed by atoms with Crippen molar-refractivity contribution < 1.29 is 39.2 Å². The fourth-order valence-corrected chi connectivity index (χ4v) is 2.50. The average Bonchev–Trinajstić information content (AvgIpc) is 3.53. The van der Waals surface area contributed by atoms with Crippen molar-refractivity contribution in [1.82, 2.24) is 10.6 Å². The Kier molecular flexibility index (Phi) is 10.3. The van der Waals surface area contributed by atoms with E-state index in [1.54, 1.807) is 6.08 Å². The van der Waals surface area contributed by atoms with Crippen LogP contribution in [0.25, 0.3) is 0 Å². The van der Waals surface area contributed by atoms with E-state index in [2.05, 4.69) is 10.6 Å². The van der Waals surface area contributed by atoms with Crippen molar-refractivity contribution in [3.8, 4) is 0 Å². The third kappa shape index (κ3) is 9.58.